The van der Waals surface area contributed by atoms with Gasteiger partial charge in [0.1, 0.15) is 0 Å². The van der Waals surface area contributed by atoms with Crippen molar-refractivity contribution in [3.05, 3.63) is 239 Å². The van der Waals surface area contributed by atoms with Crippen molar-refractivity contribution in [1.82, 2.24) is 0 Å². The molecule has 0 aromatic heterocycles. The lowest BCUT2D eigenvalue weighted by Crippen LogP contribution is -2.13. The van der Waals surface area contributed by atoms with Crippen LogP contribution < -0.4 is 9.80 Å². The van der Waals surface area contributed by atoms with Gasteiger partial charge < -0.3 is 9.80 Å². The number of aryl methyl sites for hydroxylation is 3. The summed E-state index contributed by atoms with van der Waals surface area (Å²) in [5.41, 5.74) is 15.1. The molecule has 0 saturated carbocycles. The van der Waals surface area contributed by atoms with E-state index in [1.54, 1.807) is 0 Å². The zero-order chi connectivity index (χ0) is 39.0. The number of rotatable bonds is 11. The average Bonchev–Trinajstić information content (AvgIpc) is 3.26. The van der Waals surface area contributed by atoms with Gasteiger partial charge in [-0.3, -0.25) is 0 Å². The van der Waals surface area contributed by atoms with E-state index < -0.39 is 0 Å². The number of nitrogens with zero attached hydrogens (tertiary/aromatic N) is 2. The molecule has 0 bridgehead atoms. The lowest BCUT2D eigenvalue weighted by Gasteiger charge is -2.29. The molecular formula is C55H46N2. The first-order valence-electron chi connectivity index (χ1n) is 19.7. The normalized spacial score (nSPS) is 12.9. The zero-order valence-electron chi connectivity index (χ0n) is 32.9. The summed E-state index contributed by atoms with van der Waals surface area (Å²) < 4.78 is 0. The lowest BCUT2D eigenvalue weighted by atomic mass is 9.92. The molecule has 0 fully saturated rings. The largest absolute Gasteiger partial charge is 0.309 e. The molecule has 0 unspecified atom stereocenters. The Hall–Kier alpha value is -7.08. The quantitative estimate of drug-likeness (QED) is 0.122. The van der Waals surface area contributed by atoms with Gasteiger partial charge in [-0.1, -0.05) is 158 Å². The summed E-state index contributed by atoms with van der Waals surface area (Å²) in [5.74, 6) is 0. The Morgan fingerprint density at radius 2 is 1.25 bits per heavy atom. The fraction of sp³-hybridized carbons (Fsp3) is 0.0909. The summed E-state index contributed by atoms with van der Waals surface area (Å²) >= 11 is 0. The van der Waals surface area contributed by atoms with Gasteiger partial charge in [-0.15, -0.1) is 0 Å². The summed E-state index contributed by atoms with van der Waals surface area (Å²) in [6, 6.07) is 60.8. The Kier molecular flexibility index (Phi) is 11.1. The Morgan fingerprint density at radius 3 is 1.91 bits per heavy atom. The van der Waals surface area contributed by atoms with E-state index in [-0.39, 0.29) is 0 Å². The molecule has 0 atom stereocenters. The fourth-order valence-electron chi connectivity index (χ4n) is 7.53. The number of benzene rings is 6. The highest BCUT2D eigenvalue weighted by Crippen LogP contribution is 2.42. The van der Waals surface area contributed by atoms with Crippen LogP contribution in [0.25, 0.3) is 28.5 Å². The Bertz CT molecular complexity index is 2590. The molecule has 8 rings (SSSR count). The average molecular weight is 735 g/mol. The topological polar surface area (TPSA) is 6.48 Å². The van der Waals surface area contributed by atoms with Crippen LogP contribution in [0.1, 0.15) is 46.2 Å². The van der Waals surface area contributed by atoms with Crippen molar-refractivity contribution >= 4 is 56.9 Å². The van der Waals surface area contributed by atoms with Gasteiger partial charge in [-0.05, 0) is 126 Å². The van der Waals surface area contributed by atoms with Gasteiger partial charge in [0.15, 0.2) is 0 Å². The van der Waals surface area contributed by atoms with Crippen molar-refractivity contribution < 1.29 is 0 Å². The van der Waals surface area contributed by atoms with Gasteiger partial charge >= 0.3 is 0 Å². The van der Waals surface area contributed by atoms with Crippen LogP contribution in [-0.2, 0) is 0 Å². The molecule has 276 valence electrons. The predicted octanol–water partition coefficient (Wildman–Crippen LogP) is 15.0. The monoisotopic (exact) mass is 734 g/mol. The van der Waals surface area contributed by atoms with E-state index in [1.165, 1.54) is 55.5 Å². The van der Waals surface area contributed by atoms with Crippen molar-refractivity contribution in [2.45, 2.75) is 33.6 Å². The second kappa shape index (κ2) is 17.2. The van der Waals surface area contributed by atoms with Gasteiger partial charge in [0.2, 0.25) is 0 Å². The molecule has 1 aliphatic rings. The van der Waals surface area contributed by atoms with Crippen molar-refractivity contribution in [3.63, 3.8) is 0 Å². The molecule has 57 heavy (non-hydrogen) atoms. The minimum absolute atomic E-state index is 0.950. The van der Waals surface area contributed by atoms with Crippen molar-refractivity contribution in [2.24, 2.45) is 0 Å². The van der Waals surface area contributed by atoms with E-state index in [0.29, 0.717) is 0 Å². The first-order valence-corrected chi connectivity index (χ1v) is 19.7. The summed E-state index contributed by atoms with van der Waals surface area (Å²) in [6.07, 6.45) is 19.6. The SMILES string of the molecule is Cc1c#cc(N(/C=C(\C2=CC=CCC2)c2ccccc2)c2ccc(/C=C/C=C/c3ccc(N(c4ccccc4C)c4ccccc4C)c4ccccc34)cc2)cc1. The minimum atomic E-state index is 0.950. The molecular weight excluding hydrogens is 689 g/mol. The molecule has 0 heterocycles. The Morgan fingerprint density at radius 1 is 0.579 bits per heavy atom. The lowest BCUT2D eigenvalue weighted by molar-refractivity contribution is 0.994. The summed E-state index contributed by atoms with van der Waals surface area (Å²) in [6.45, 7) is 6.42. The van der Waals surface area contributed by atoms with Gasteiger partial charge in [-0.2, -0.15) is 0 Å². The molecule has 0 saturated heterocycles. The molecule has 0 N–H and O–H groups in total. The van der Waals surface area contributed by atoms with Gasteiger partial charge in [0.25, 0.3) is 0 Å². The summed E-state index contributed by atoms with van der Waals surface area (Å²) in [5, 5.41) is 2.42. The smallest absolute Gasteiger partial charge is 0.0969 e. The molecule has 0 amide bonds. The Balaban J connectivity index is 1.09. The van der Waals surface area contributed by atoms with Crippen molar-refractivity contribution in [3.8, 4) is 0 Å². The second-order valence-corrected chi connectivity index (χ2v) is 14.5. The van der Waals surface area contributed by atoms with Gasteiger partial charge in [0, 0.05) is 34.2 Å². The Labute approximate surface area is 338 Å². The highest BCUT2D eigenvalue weighted by molar-refractivity contribution is 6.03. The molecule has 7 aromatic carbocycles. The number of fused-ring (bicyclic) bond motifs is 1. The molecule has 0 aliphatic heterocycles. The van der Waals surface area contributed by atoms with Crippen LogP contribution in [0.3, 0.4) is 0 Å². The maximum absolute atomic E-state index is 3.41. The predicted molar refractivity (Wildman–Crippen MR) is 244 cm³/mol. The third-order valence-corrected chi connectivity index (χ3v) is 10.6. The summed E-state index contributed by atoms with van der Waals surface area (Å²) in [4.78, 5) is 4.64. The van der Waals surface area contributed by atoms with Crippen molar-refractivity contribution in [2.75, 3.05) is 9.80 Å². The van der Waals surface area contributed by atoms with E-state index >= 15 is 0 Å². The van der Waals surface area contributed by atoms with Gasteiger partial charge in [-0.25, -0.2) is 0 Å². The molecule has 0 spiro atoms. The molecule has 2 nitrogen and oxygen atoms in total. The standard InChI is InChI=1S/C55H46N2/c1-41-30-35-48(36-31-41)56(40-52(45-21-6-4-7-22-45)46-23-8-5-9-24-46)49-37-32-44(33-38-49)20-12-13-25-47-34-39-55(51-27-15-14-26-50(47)51)57(53-28-16-10-18-42(53)2)54-29-17-11-19-43(54)3/h4-8,10-23,25-30,32-35,37-40H,9,24H2,1-3H3/b20-12+,25-13+,52-40-. The van der Waals surface area contributed by atoms with Crippen molar-refractivity contribution in [1.29, 1.82) is 0 Å². The van der Waals surface area contributed by atoms with Crippen LogP contribution >= 0.6 is 0 Å². The zero-order valence-corrected chi connectivity index (χ0v) is 32.9. The van der Waals surface area contributed by atoms with E-state index in [1.807, 2.05) is 0 Å². The molecule has 0 radical (unpaired) electrons. The van der Waals surface area contributed by atoms with Crippen LogP contribution in [0.5, 0.6) is 0 Å². The first kappa shape index (κ1) is 36.9. The third-order valence-electron chi connectivity index (χ3n) is 10.6. The first-order chi connectivity index (χ1) is 28.0. The van der Waals surface area contributed by atoms with Gasteiger partial charge in [0.05, 0.1) is 11.4 Å². The van der Waals surface area contributed by atoms with Crippen LogP contribution in [-0.4, -0.2) is 0 Å². The highest BCUT2D eigenvalue weighted by Gasteiger charge is 2.19. The minimum Gasteiger partial charge on any atom is -0.309 e. The van der Waals surface area contributed by atoms with Crippen LogP contribution in [0.2, 0.25) is 0 Å². The van der Waals surface area contributed by atoms with E-state index in [9.17, 15) is 0 Å². The third kappa shape index (κ3) is 8.30. The van der Waals surface area contributed by atoms with E-state index in [0.717, 1.165) is 41.0 Å². The number of hydrogen-bond acceptors (Lipinski definition) is 2. The number of para-hydroxylation sites is 2. The fourth-order valence-corrected chi connectivity index (χ4v) is 7.53. The highest BCUT2D eigenvalue weighted by atomic mass is 15.1. The number of anilines is 5. The van der Waals surface area contributed by atoms with Crippen LogP contribution in [0.15, 0.2) is 194 Å². The number of hydrogen-bond donors (Lipinski definition) is 0. The molecule has 7 aromatic rings. The van der Waals surface area contributed by atoms with Crippen LogP contribution in [0.4, 0.5) is 28.4 Å². The maximum atomic E-state index is 3.41. The molecule has 2 heteroatoms. The van der Waals surface area contributed by atoms with Crippen LogP contribution in [0, 0.1) is 32.9 Å². The maximum Gasteiger partial charge on any atom is 0.0969 e. The second-order valence-electron chi connectivity index (χ2n) is 14.5. The summed E-state index contributed by atoms with van der Waals surface area (Å²) in [7, 11) is 0. The molecule has 1 aliphatic carbocycles. The van der Waals surface area contributed by atoms with E-state index in [2.05, 4.69) is 243 Å². The van der Waals surface area contributed by atoms with E-state index in [4.69, 9.17) is 0 Å². The number of allylic oxidation sites excluding steroid dienone is 7.